The second kappa shape index (κ2) is 6.65. The molecule has 0 spiro atoms. The van der Waals surface area contributed by atoms with Crippen LogP contribution >= 0.6 is 11.3 Å². The molecule has 2 bridgehead atoms. The minimum atomic E-state index is 0.177. The molecule has 1 aromatic carbocycles. The van der Waals surface area contributed by atoms with Crippen LogP contribution in [0.25, 0.3) is 21.3 Å². The largest absolute Gasteiger partial charge is 0.339 e. The molecule has 2 aliphatic rings. The number of aromatic nitrogens is 3. The fourth-order valence-corrected chi connectivity index (χ4v) is 4.78. The summed E-state index contributed by atoms with van der Waals surface area (Å²) in [5.74, 6) is 0.177. The van der Waals surface area contributed by atoms with E-state index in [1.165, 1.54) is 12.8 Å². The molecule has 3 aromatic rings. The molecule has 27 heavy (non-hydrogen) atoms. The van der Waals surface area contributed by atoms with Gasteiger partial charge in [0.05, 0.1) is 12.1 Å². The van der Waals surface area contributed by atoms with E-state index < -0.39 is 0 Å². The first-order valence-electron chi connectivity index (χ1n) is 9.37. The van der Waals surface area contributed by atoms with Gasteiger partial charge in [-0.15, -0.1) is 10.2 Å². The molecule has 5 rings (SSSR count). The molecule has 2 aromatic heterocycles. The molecule has 6 nitrogen and oxygen atoms in total. The first-order chi connectivity index (χ1) is 13.1. The Morgan fingerprint density at radius 2 is 2.00 bits per heavy atom. The predicted molar refractivity (Wildman–Crippen MR) is 106 cm³/mol. The van der Waals surface area contributed by atoms with Crippen LogP contribution in [0, 0.1) is 6.92 Å². The Kier molecular flexibility index (Phi) is 4.13. The topological polar surface area (TPSA) is 71.0 Å². The summed E-state index contributed by atoms with van der Waals surface area (Å²) in [6, 6.07) is 9.17. The van der Waals surface area contributed by atoms with Crippen LogP contribution in [-0.4, -0.2) is 51.2 Å². The van der Waals surface area contributed by atoms with Gasteiger partial charge >= 0.3 is 0 Å². The normalized spacial score (nSPS) is 21.7. The van der Waals surface area contributed by atoms with E-state index in [9.17, 15) is 4.79 Å². The summed E-state index contributed by atoms with van der Waals surface area (Å²) < 4.78 is 0. The van der Waals surface area contributed by atoms with Gasteiger partial charge in [-0.1, -0.05) is 23.5 Å². The summed E-state index contributed by atoms with van der Waals surface area (Å²) in [5, 5.41) is 15.9. The molecule has 2 saturated heterocycles. The highest BCUT2D eigenvalue weighted by atomic mass is 32.1. The number of piperazine rings is 1. The fraction of sp³-hybridized carbons (Fsp3) is 0.400. The number of amides is 1. The van der Waals surface area contributed by atoms with Crippen LogP contribution in [0.5, 0.6) is 0 Å². The maximum absolute atomic E-state index is 12.8. The lowest BCUT2D eigenvalue weighted by Gasteiger charge is -2.32. The van der Waals surface area contributed by atoms with Crippen molar-refractivity contribution < 1.29 is 4.79 Å². The number of hydrogen-bond acceptors (Lipinski definition) is 6. The quantitative estimate of drug-likeness (QED) is 0.757. The van der Waals surface area contributed by atoms with Gasteiger partial charge in [0.25, 0.3) is 0 Å². The monoisotopic (exact) mass is 379 g/mol. The minimum Gasteiger partial charge on any atom is -0.339 e. The van der Waals surface area contributed by atoms with Crippen molar-refractivity contribution in [3.8, 4) is 10.6 Å². The third-order valence-corrected chi connectivity index (χ3v) is 6.34. The van der Waals surface area contributed by atoms with Crippen LogP contribution in [0.1, 0.15) is 23.5 Å². The van der Waals surface area contributed by atoms with E-state index in [0.29, 0.717) is 18.5 Å². The number of benzene rings is 1. The lowest BCUT2D eigenvalue weighted by atomic mass is 10.1. The van der Waals surface area contributed by atoms with Crippen LogP contribution in [0.4, 0.5) is 0 Å². The van der Waals surface area contributed by atoms with Gasteiger partial charge < -0.3 is 10.2 Å². The summed E-state index contributed by atoms with van der Waals surface area (Å²) in [6.45, 7) is 3.60. The number of carbonyl (C=O) groups is 1. The van der Waals surface area contributed by atoms with E-state index in [4.69, 9.17) is 0 Å². The summed E-state index contributed by atoms with van der Waals surface area (Å²) in [5.41, 5.74) is 1.87. The zero-order chi connectivity index (χ0) is 18.4. The van der Waals surface area contributed by atoms with Gasteiger partial charge in [-0.25, -0.2) is 0 Å². The zero-order valence-corrected chi connectivity index (χ0v) is 16.0. The van der Waals surface area contributed by atoms with Crippen molar-refractivity contribution in [3.63, 3.8) is 0 Å². The third kappa shape index (κ3) is 3.33. The van der Waals surface area contributed by atoms with Crippen LogP contribution in [0.15, 0.2) is 30.5 Å². The Bertz CT molecular complexity index is 1000. The predicted octanol–water partition coefficient (Wildman–Crippen LogP) is 2.57. The van der Waals surface area contributed by atoms with Crippen LogP contribution in [0.2, 0.25) is 0 Å². The average Bonchev–Trinajstić information content (AvgIpc) is 3.26. The number of hydrogen-bond donors (Lipinski definition) is 1. The minimum absolute atomic E-state index is 0.177. The average molecular weight is 379 g/mol. The Balaban J connectivity index is 1.38. The maximum atomic E-state index is 12.8. The van der Waals surface area contributed by atoms with E-state index in [-0.39, 0.29) is 5.91 Å². The van der Waals surface area contributed by atoms with Gasteiger partial charge in [0.1, 0.15) is 10.0 Å². The van der Waals surface area contributed by atoms with Crippen molar-refractivity contribution in [1.82, 2.24) is 25.4 Å². The first-order valence-corrected chi connectivity index (χ1v) is 10.2. The zero-order valence-electron chi connectivity index (χ0n) is 15.2. The molecule has 2 aliphatic heterocycles. The number of nitrogens with one attached hydrogen (secondary N) is 1. The summed E-state index contributed by atoms with van der Waals surface area (Å²) in [7, 11) is 0. The lowest BCUT2D eigenvalue weighted by Crippen LogP contribution is -2.53. The van der Waals surface area contributed by atoms with Crippen LogP contribution in [-0.2, 0) is 11.2 Å². The Labute approximate surface area is 161 Å². The number of likely N-dealkylation sites (tertiary alicyclic amines) is 1. The van der Waals surface area contributed by atoms with Crippen molar-refractivity contribution in [3.05, 3.63) is 41.2 Å². The highest BCUT2D eigenvalue weighted by Gasteiger charge is 2.34. The van der Waals surface area contributed by atoms with Gasteiger partial charge in [0.2, 0.25) is 5.91 Å². The summed E-state index contributed by atoms with van der Waals surface area (Å²) >= 11 is 1.58. The van der Waals surface area contributed by atoms with E-state index >= 15 is 0 Å². The molecule has 138 valence electrons. The van der Waals surface area contributed by atoms with Gasteiger partial charge in [-0.3, -0.25) is 9.78 Å². The highest BCUT2D eigenvalue weighted by molar-refractivity contribution is 7.14. The molecular formula is C20H21N5OS. The van der Waals surface area contributed by atoms with E-state index in [1.54, 1.807) is 11.3 Å². The molecular weight excluding hydrogens is 358 g/mol. The first kappa shape index (κ1) is 16.8. The molecule has 1 N–H and O–H groups in total. The van der Waals surface area contributed by atoms with Crippen molar-refractivity contribution >= 4 is 28.0 Å². The molecule has 4 heterocycles. The number of nitrogens with zero attached hydrogens (tertiary/aromatic N) is 4. The standard InChI is InChI=1S/C20H21N5OS/c1-12-23-24-20(27-12)13-2-3-14-9-21-18(7-15(14)6-13)8-19(26)25-10-16-4-5-17(11-25)22-16/h2-3,6-7,9,16-17,22H,4-5,8,10-11H2,1H3. The van der Waals surface area contributed by atoms with E-state index in [0.717, 1.165) is 45.1 Å². The fourth-order valence-electron chi connectivity index (χ4n) is 4.10. The van der Waals surface area contributed by atoms with Gasteiger partial charge in [-0.2, -0.15) is 0 Å². The number of pyridine rings is 1. The molecule has 2 fully saturated rings. The second-order valence-corrected chi connectivity index (χ2v) is 8.66. The molecule has 2 unspecified atom stereocenters. The lowest BCUT2D eigenvalue weighted by molar-refractivity contribution is -0.131. The Morgan fingerprint density at radius 1 is 1.19 bits per heavy atom. The molecule has 1 amide bonds. The number of fused-ring (bicyclic) bond motifs is 3. The van der Waals surface area contributed by atoms with E-state index in [2.05, 4.69) is 26.6 Å². The molecule has 0 radical (unpaired) electrons. The SMILES string of the molecule is Cc1nnc(-c2ccc3cnc(CC(=O)N4CC5CCC(C4)N5)cc3c2)s1. The molecule has 0 saturated carbocycles. The van der Waals surface area contributed by atoms with Crippen molar-refractivity contribution in [2.45, 2.75) is 38.3 Å². The molecule has 0 aliphatic carbocycles. The maximum Gasteiger partial charge on any atom is 0.228 e. The summed E-state index contributed by atoms with van der Waals surface area (Å²) in [4.78, 5) is 19.3. The number of rotatable bonds is 3. The number of carbonyl (C=O) groups excluding carboxylic acids is 1. The molecule has 2 atom stereocenters. The van der Waals surface area contributed by atoms with Crippen molar-refractivity contribution in [1.29, 1.82) is 0 Å². The van der Waals surface area contributed by atoms with Gasteiger partial charge in [0.15, 0.2) is 0 Å². The third-order valence-electron chi connectivity index (χ3n) is 5.45. The Morgan fingerprint density at radius 3 is 2.74 bits per heavy atom. The smallest absolute Gasteiger partial charge is 0.228 e. The van der Waals surface area contributed by atoms with E-state index in [1.807, 2.05) is 36.2 Å². The Hall–Kier alpha value is -2.38. The number of aryl methyl sites for hydroxylation is 1. The van der Waals surface area contributed by atoms with Crippen molar-refractivity contribution in [2.75, 3.05) is 13.1 Å². The second-order valence-electron chi connectivity index (χ2n) is 7.48. The van der Waals surface area contributed by atoms with Gasteiger partial charge in [-0.05, 0) is 37.3 Å². The summed E-state index contributed by atoms with van der Waals surface area (Å²) in [6.07, 6.45) is 4.57. The molecule has 7 heteroatoms. The highest BCUT2D eigenvalue weighted by Crippen LogP contribution is 2.27. The van der Waals surface area contributed by atoms with Crippen LogP contribution in [0.3, 0.4) is 0 Å². The van der Waals surface area contributed by atoms with Crippen molar-refractivity contribution in [2.24, 2.45) is 0 Å². The van der Waals surface area contributed by atoms with Crippen LogP contribution < -0.4 is 5.32 Å². The van der Waals surface area contributed by atoms with Gasteiger partial charge in [0, 0.05) is 42.3 Å².